The van der Waals surface area contributed by atoms with E-state index in [-0.39, 0.29) is 35.8 Å². The maximum absolute atomic E-state index is 12.9. The highest BCUT2D eigenvalue weighted by Gasteiger charge is 2.06. The normalized spacial score (nSPS) is 10.7. The number of benzene rings is 1. The zero-order valence-electron chi connectivity index (χ0n) is 13.8. The van der Waals surface area contributed by atoms with Gasteiger partial charge in [0.1, 0.15) is 5.82 Å². The first kappa shape index (κ1) is 21.6. The van der Waals surface area contributed by atoms with Crippen LogP contribution in [0.25, 0.3) is 0 Å². The number of methoxy groups -OCH3 is 1. The monoisotopic (exact) mass is 437 g/mol. The summed E-state index contributed by atoms with van der Waals surface area (Å²) >= 11 is 0. The van der Waals surface area contributed by atoms with Crippen LogP contribution in [-0.4, -0.2) is 44.6 Å². The average Bonchev–Trinajstić information content (AvgIpc) is 2.52. The highest BCUT2D eigenvalue weighted by atomic mass is 127. The van der Waals surface area contributed by atoms with Crippen molar-refractivity contribution in [2.45, 2.75) is 25.8 Å². The molecule has 0 spiro atoms. The summed E-state index contributed by atoms with van der Waals surface area (Å²) in [5.74, 6) is 0.347. The number of esters is 1. The van der Waals surface area contributed by atoms with Gasteiger partial charge in [0.2, 0.25) is 0 Å². The number of unbranched alkanes of at least 4 members (excludes halogenated alkanes) is 1. The molecule has 1 N–H and O–H groups in total. The Balaban J connectivity index is 0.00000484. The first-order valence-electron chi connectivity index (χ1n) is 7.30. The molecule has 7 heteroatoms. The van der Waals surface area contributed by atoms with Crippen molar-refractivity contribution in [1.29, 1.82) is 0 Å². The van der Waals surface area contributed by atoms with Crippen molar-refractivity contribution in [3.8, 4) is 0 Å². The zero-order chi connectivity index (χ0) is 16.4. The van der Waals surface area contributed by atoms with E-state index in [1.807, 2.05) is 11.9 Å². The fourth-order valence-corrected chi connectivity index (χ4v) is 2.02. The van der Waals surface area contributed by atoms with Crippen LogP contribution in [0.5, 0.6) is 0 Å². The molecule has 0 saturated heterocycles. The molecule has 0 bridgehead atoms. The predicted molar refractivity (Wildman–Crippen MR) is 101 cm³/mol. The molecule has 0 saturated carbocycles. The molecule has 0 fully saturated rings. The molecular weight excluding hydrogens is 412 g/mol. The molecule has 0 atom stereocenters. The van der Waals surface area contributed by atoms with Crippen LogP contribution in [0.2, 0.25) is 0 Å². The fraction of sp³-hybridized carbons (Fsp3) is 0.500. The largest absolute Gasteiger partial charge is 0.469 e. The fourth-order valence-electron chi connectivity index (χ4n) is 2.02. The van der Waals surface area contributed by atoms with Gasteiger partial charge in [0.25, 0.3) is 0 Å². The summed E-state index contributed by atoms with van der Waals surface area (Å²) in [6.45, 7) is 1.37. The quantitative estimate of drug-likeness (QED) is 0.234. The van der Waals surface area contributed by atoms with Crippen LogP contribution >= 0.6 is 24.0 Å². The summed E-state index contributed by atoms with van der Waals surface area (Å²) in [6.07, 6.45) is 2.07. The lowest BCUT2D eigenvalue weighted by molar-refractivity contribution is -0.140. The van der Waals surface area contributed by atoms with Crippen LogP contribution in [0.1, 0.15) is 24.8 Å². The number of halogens is 2. The van der Waals surface area contributed by atoms with Gasteiger partial charge in [-0.15, -0.1) is 24.0 Å². The molecule has 0 unspecified atom stereocenters. The van der Waals surface area contributed by atoms with E-state index in [1.54, 1.807) is 19.2 Å². The Morgan fingerprint density at radius 3 is 2.52 bits per heavy atom. The Morgan fingerprint density at radius 2 is 1.96 bits per heavy atom. The number of rotatable bonds is 7. The third-order valence-corrected chi connectivity index (χ3v) is 3.22. The van der Waals surface area contributed by atoms with Gasteiger partial charge in [0, 0.05) is 33.6 Å². The van der Waals surface area contributed by atoms with Crippen molar-refractivity contribution in [2.75, 3.05) is 27.7 Å². The molecule has 0 aliphatic rings. The Bertz CT molecular complexity index is 495. The highest BCUT2D eigenvalue weighted by Crippen LogP contribution is 2.05. The number of ether oxygens (including phenoxy) is 1. The molecule has 23 heavy (non-hydrogen) atoms. The predicted octanol–water partition coefficient (Wildman–Crippen LogP) is 2.79. The molecule has 1 aromatic rings. The second-order valence-electron chi connectivity index (χ2n) is 4.99. The van der Waals surface area contributed by atoms with Gasteiger partial charge in [-0.1, -0.05) is 12.1 Å². The van der Waals surface area contributed by atoms with E-state index in [9.17, 15) is 9.18 Å². The molecule has 1 aromatic carbocycles. The van der Waals surface area contributed by atoms with Crippen molar-refractivity contribution in [3.63, 3.8) is 0 Å². The van der Waals surface area contributed by atoms with Crippen molar-refractivity contribution < 1.29 is 13.9 Å². The first-order valence-corrected chi connectivity index (χ1v) is 7.30. The molecule has 0 heterocycles. The molecule has 0 aliphatic heterocycles. The van der Waals surface area contributed by atoms with Gasteiger partial charge in [-0.2, -0.15) is 0 Å². The molecule has 5 nitrogen and oxygen atoms in total. The smallest absolute Gasteiger partial charge is 0.305 e. The molecule has 1 rings (SSSR count). The average molecular weight is 437 g/mol. The van der Waals surface area contributed by atoms with Gasteiger partial charge in [-0.3, -0.25) is 9.79 Å². The van der Waals surface area contributed by atoms with E-state index < -0.39 is 0 Å². The molecule has 0 aliphatic carbocycles. The van der Waals surface area contributed by atoms with E-state index >= 15 is 0 Å². The van der Waals surface area contributed by atoms with Crippen molar-refractivity contribution in [2.24, 2.45) is 4.99 Å². The molecule has 130 valence electrons. The van der Waals surface area contributed by atoms with E-state index in [1.165, 1.54) is 19.2 Å². The lowest BCUT2D eigenvalue weighted by Crippen LogP contribution is -2.38. The number of hydrogen-bond acceptors (Lipinski definition) is 3. The topological polar surface area (TPSA) is 53.9 Å². The van der Waals surface area contributed by atoms with Crippen LogP contribution < -0.4 is 5.32 Å². The van der Waals surface area contributed by atoms with E-state index in [4.69, 9.17) is 0 Å². The highest BCUT2D eigenvalue weighted by molar-refractivity contribution is 14.0. The van der Waals surface area contributed by atoms with Gasteiger partial charge < -0.3 is 15.0 Å². The standard InChI is InChI=1S/C16H24FN3O2.HI/c1-18-16(19-11-5-4-6-15(21)22-3)20(2)12-13-7-9-14(17)10-8-13;/h7-10H,4-6,11-12H2,1-3H3,(H,18,19);1H. The lowest BCUT2D eigenvalue weighted by atomic mass is 10.2. The Morgan fingerprint density at radius 1 is 1.30 bits per heavy atom. The minimum Gasteiger partial charge on any atom is -0.469 e. The van der Waals surface area contributed by atoms with Gasteiger partial charge in [0.15, 0.2) is 5.96 Å². The second-order valence-corrected chi connectivity index (χ2v) is 4.99. The molecule has 0 aromatic heterocycles. The van der Waals surface area contributed by atoms with Gasteiger partial charge in [-0.05, 0) is 30.5 Å². The number of nitrogens with one attached hydrogen (secondary N) is 1. The van der Waals surface area contributed by atoms with Gasteiger partial charge in [-0.25, -0.2) is 4.39 Å². The summed E-state index contributed by atoms with van der Waals surface area (Å²) < 4.78 is 17.5. The Labute approximate surface area is 154 Å². The third kappa shape index (κ3) is 8.73. The Hall–Kier alpha value is -1.38. The van der Waals surface area contributed by atoms with E-state index in [0.717, 1.165) is 30.9 Å². The SMILES string of the molecule is CN=C(NCCCCC(=O)OC)N(C)Cc1ccc(F)cc1.I. The summed E-state index contributed by atoms with van der Waals surface area (Å²) in [6, 6.07) is 6.42. The summed E-state index contributed by atoms with van der Waals surface area (Å²) in [7, 11) is 5.04. The summed E-state index contributed by atoms with van der Waals surface area (Å²) in [4.78, 5) is 17.2. The summed E-state index contributed by atoms with van der Waals surface area (Å²) in [5.41, 5.74) is 1.01. The molecule has 0 amide bonds. The van der Waals surface area contributed by atoms with Crippen molar-refractivity contribution in [1.82, 2.24) is 10.2 Å². The second kappa shape index (κ2) is 12.1. The maximum Gasteiger partial charge on any atom is 0.305 e. The number of hydrogen-bond donors (Lipinski definition) is 1. The lowest BCUT2D eigenvalue weighted by Gasteiger charge is -2.22. The number of aliphatic imine (C=N–C) groups is 1. The van der Waals surface area contributed by atoms with Crippen molar-refractivity contribution in [3.05, 3.63) is 35.6 Å². The maximum atomic E-state index is 12.9. The number of carbonyl (C=O) groups excluding carboxylic acids is 1. The van der Waals surface area contributed by atoms with Crippen molar-refractivity contribution >= 4 is 35.9 Å². The Kier molecular flexibility index (Phi) is 11.4. The van der Waals surface area contributed by atoms with Gasteiger partial charge >= 0.3 is 5.97 Å². The first-order chi connectivity index (χ1) is 10.6. The van der Waals surface area contributed by atoms with Gasteiger partial charge in [0.05, 0.1) is 7.11 Å². The number of carbonyl (C=O) groups is 1. The summed E-state index contributed by atoms with van der Waals surface area (Å²) in [5, 5.41) is 3.24. The van der Waals surface area contributed by atoms with Crippen LogP contribution in [0.15, 0.2) is 29.3 Å². The van der Waals surface area contributed by atoms with Crippen LogP contribution in [0.3, 0.4) is 0 Å². The van der Waals surface area contributed by atoms with E-state index in [0.29, 0.717) is 13.0 Å². The molecule has 0 radical (unpaired) electrons. The minimum atomic E-state index is -0.237. The van der Waals surface area contributed by atoms with Crippen LogP contribution in [0.4, 0.5) is 4.39 Å². The molecular formula is C16H25FIN3O2. The third-order valence-electron chi connectivity index (χ3n) is 3.22. The van der Waals surface area contributed by atoms with Crippen LogP contribution in [-0.2, 0) is 16.1 Å². The van der Waals surface area contributed by atoms with E-state index in [2.05, 4.69) is 15.0 Å². The number of nitrogens with zero attached hydrogens (tertiary/aromatic N) is 2. The minimum absolute atomic E-state index is 0. The number of guanidine groups is 1. The van der Waals surface area contributed by atoms with Crippen LogP contribution in [0, 0.1) is 5.82 Å². The zero-order valence-corrected chi connectivity index (χ0v) is 16.2.